The summed E-state index contributed by atoms with van der Waals surface area (Å²) in [6.07, 6.45) is 0. The maximum Gasteiger partial charge on any atom is 0.631 e. The molecule has 4 nitrogen and oxygen atoms in total. The quantitative estimate of drug-likeness (QED) is 0.401. The van der Waals surface area contributed by atoms with E-state index in [-0.39, 0.29) is 0 Å². The minimum atomic E-state index is -2.17. The molecule has 12 heavy (non-hydrogen) atoms. The Bertz CT molecular complexity index is 185. The van der Waals surface area contributed by atoms with Crippen molar-refractivity contribution in [3.05, 3.63) is 29.8 Å². The Morgan fingerprint density at radius 2 is 1.33 bits per heavy atom. The second-order valence-electron chi connectivity index (χ2n) is 2.18. The Morgan fingerprint density at radius 3 is 1.58 bits per heavy atom. The smallest absolute Gasteiger partial charge is 0.508 e. The Hall–Kier alpha value is -1.04. The number of aryl methyl sites for hydroxylation is 1. The molecule has 0 bridgehead atoms. The molecular formula is C7H11BO4. The molecule has 5 heteroatoms. The normalized spacial score (nSPS) is 8.33. The summed E-state index contributed by atoms with van der Waals surface area (Å²) in [5.74, 6) is 0.329. The predicted octanol–water partition coefficient (Wildman–Crippen LogP) is -0.351. The summed E-state index contributed by atoms with van der Waals surface area (Å²) in [4.78, 5) is 0. The maximum absolute atomic E-state index is 8.76. The molecule has 66 valence electrons. The molecule has 0 unspecified atom stereocenters. The second kappa shape index (κ2) is 5.59. The molecule has 0 atom stereocenters. The van der Waals surface area contributed by atoms with Gasteiger partial charge < -0.3 is 20.2 Å². The van der Waals surface area contributed by atoms with Gasteiger partial charge in [0, 0.05) is 0 Å². The van der Waals surface area contributed by atoms with E-state index in [1.807, 2.05) is 19.1 Å². The van der Waals surface area contributed by atoms with Gasteiger partial charge in [-0.2, -0.15) is 0 Å². The van der Waals surface area contributed by atoms with Gasteiger partial charge in [0.15, 0.2) is 0 Å². The van der Waals surface area contributed by atoms with Crippen molar-refractivity contribution in [1.82, 2.24) is 0 Å². The van der Waals surface area contributed by atoms with Gasteiger partial charge in [0.1, 0.15) is 5.75 Å². The van der Waals surface area contributed by atoms with Crippen LogP contribution < -0.4 is 0 Å². The lowest BCUT2D eigenvalue weighted by molar-refractivity contribution is 0.278. The largest absolute Gasteiger partial charge is 0.631 e. The SMILES string of the molecule is Cc1ccc(O)cc1.OB(O)O. The molecule has 1 aromatic carbocycles. The summed E-state index contributed by atoms with van der Waals surface area (Å²) in [5.41, 5.74) is 1.17. The van der Waals surface area contributed by atoms with Gasteiger partial charge in [-0.15, -0.1) is 0 Å². The number of benzene rings is 1. The van der Waals surface area contributed by atoms with E-state index in [4.69, 9.17) is 20.2 Å². The molecule has 4 N–H and O–H groups in total. The van der Waals surface area contributed by atoms with Gasteiger partial charge in [0.05, 0.1) is 0 Å². The summed E-state index contributed by atoms with van der Waals surface area (Å²) >= 11 is 0. The first-order chi connectivity index (χ1) is 5.52. The van der Waals surface area contributed by atoms with Crippen LogP contribution in [-0.2, 0) is 0 Å². The number of phenolic OH excluding ortho intramolecular Hbond substituents is 1. The molecule has 0 aromatic heterocycles. The van der Waals surface area contributed by atoms with Crippen molar-refractivity contribution in [2.45, 2.75) is 6.92 Å². The monoisotopic (exact) mass is 170 g/mol. The Labute approximate surface area is 70.9 Å². The van der Waals surface area contributed by atoms with Crippen LogP contribution in [-0.4, -0.2) is 27.5 Å². The average molecular weight is 170 g/mol. The molecular weight excluding hydrogens is 159 g/mol. The van der Waals surface area contributed by atoms with E-state index in [1.165, 1.54) is 5.56 Å². The third-order valence-corrected chi connectivity index (χ3v) is 1.03. The third-order valence-electron chi connectivity index (χ3n) is 1.03. The number of hydrogen-bond donors (Lipinski definition) is 4. The van der Waals surface area contributed by atoms with E-state index in [1.54, 1.807) is 12.1 Å². The zero-order valence-corrected chi connectivity index (χ0v) is 6.68. The minimum absolute atomic E-state index is 0.329. The highest BCUT2D eigenvalue weighted by Gasteiger charge is 1.92. The summed E-state index contributed by atoms with van der Waals surface area (Å²) in [5, 5.41) is 30.3. The highest BCUT2D eigenvalue weighted by molar-refractivity contribution is 6.30. The van der Waals surface area contributed by atoms with Crippen LogP contribution in [0.1, 0.15) is 5.56 Å². The van der Waals surface area contributed by atoms with Crippen molar-refractivity contribution in [1.29, 1.82) is 0 Å². The molecule has 1 rings (SSSR count). The minimum Gasteiger partial charge on any atom is -0.508 e. The van der Waals surface area contributed by atoms with Gasteiger partial charge >= 0.3 is 7.32 Å². The van der Waals surface area contributed by atoms with Crippen LogP contribution in [0.4, 0.5) is 0 Å². The predicted molar refractivity (Wildman–Crippen MR) is 45.3 cm³/mol. The first-order valence-electron chi connectivity index (χ1n) is 3.32. The Balaban J connectivity index is 0.000000261. The zero-order valence-electron chi connectivity index (χ0n) is 6.68. The summed E-state index contributed by atoms with van der Waals surface area (Å²) in [7, 11) is -2.17. The molecule has 1 aromatic rings. The van der Waals surface area contributed by atoms with Crippen molar-refractivity contribution in [3.8, 4) is 5.75 Å². The summed E-state index contributed by atoms with van der Waals surface area (Å²) < 4.78 is 0. The van der Waals surface area contributed by atoms with E-state index in [0.29, 0.717) is 5.75 Å². The lowest BCUT2D eigenvalue weighted by atomic mass is 10.2. The van der Waals surface area contributed by atoms with Crippen LogP contribution in [0, 0.1) is 6.92 Å². The van der Waals surface area contributed by atoms with E-state index >= 15 is 0 Å². The molecule has 0 aliphatic carbocycles. The van der Waals surface area contributed by atoms with Crippen LogP contribution >= 0.6 is 0 Å². The van der Waals surface area contributed by atoms with Gasteiger partial charge in [-0.1, -0.05) is 17.7 Å². The molecule has 0 radical (unpaired) electrons. The van der Waals surface area contributed by atoms with E-state index in [2.05, 4.69) is 0 Å². The van der Waals surface area contributed by atoms with Gasteiger partial charge in [0.2, 0.25) is 0 Å². The molecule has 0 heterocycles. The molecule has 0 saturated heterocycles. The molecule has 0 fully saturated rings. The van der Waals surface area contributed by atoms with Crippen LogP contribution in [0.25, 0.3) is 0 Å². The van der Waals surface area contributed by atoms with Crippen molar-refractivity contribution in [2.24, 2.45) is 0 Å². The van der Waals surface area contributed by atoms with E-state index < -0.39 is 7.32 Å². The fraction of sp³-hybridized carbons (Fsp3) is 0.143. The van der Waals surface area contributed by atoms with Crippen LogP contribution in [0.3, 0.4) is 0 Å². The first kappa shape index (κ1) is 11.0. The molecule has 0 spiro atoms. The van der Waals surface area contributed by atoms with Crippen molar-refractivity contribution >= 4 is 7.32 Å². The molecule has 0 aliphatic rings. The van der Waals surface area contributed by atoms with Gasteiger partial charge in [0.25, 0.3) is 0 Å². The lowest BCUT2D eigenvalue weighted by Crippen LogP contribution is -2.07. The average Bonchev–Trinajstić information content (AvgIpc) is 1.94. The van der Waals surface area contributed by atoms with Gasteiger partial charge in [-0.25, -0.2) is 0 Å². The molecule has 0 amide bonds. The summed E-state index contributed by atoms with van der Waals surface area (Å²) in [6.45, 7) is 1.99. The van der Waals surface area contributed by atoms with E-state index in [9.17, 15) is 0 Å². The third kappa shape index (κ3) is 7.08. The summed E-state index contributed by atoms with van der Waals surface area (Å²) in [6, 6.07) is 7.09. The van der Waals surface area contributed by atoms with Crippen LogP contribution in [0.15, 0.2) is 24.3 Å². The van der Waals surface area contributed by atoms with Crippen LogP contribution in [0.5, 0.6) is 5.75 Å². The fourth-order valence-electron chi connectivity index (χ4n) is 0.545. The molecule has 0 aliphatic heterocycles. The second-order valence-corrected chi connectivity index (χ2v) is 2.18. The first-order valence-corrected chi connectivity index (χ1v) is 3.32. The van der Waals surface area contributed by atoms with Crippen molar-refractivity contribution in [2.75, 3.05) is 0 Å². The molecule has 0 saturated carbocycles. The fourth-order valence-corrected chi connectivity index (χ4v) is 0.545. The standard InChI is InChI=1S/C7H8O.BH3O3/c1-6-2-4-7(8)5-3-6;2-1(3)4/h2-5,8H,1H3;2-4H. The number of phenols is 1. The Morgan fingerprint density at radius 1 is 1.00 bits per heavy atom. The van der Waals surface area contributed by atoms with Gasteiger partial charge in [-0.05, 0) is 19.1 Å². The topological polar surface area (TPSA) is 80.9 Å². The van der Waals surface area contributed by atoms with Gasteiger partial charge in [-0.3, -0.25) is 0 Å². The van der Waals surface area contributed by atoms with Crippen molar-refractivity contribution in [3.63, 3.8) is 0 Å². The van der Waals surface area contributed by atoms with Crippen LogP contribution in [0.2, 0.25) is 0 Å². The zero-order chi connectivity index (χ0) is 9.56. The van der Waals surface area contributed by atoms with E-state index in [0.717, 1.165) is 0 Å². The highest BCUT2D eigenvalue weighted by Crippen LogP contribution is 2.07. The maximum atomic E-state index is 8.76. The highest BCUT2D eigenvalue weighted by atomic mass is 16.5. The number of hydrogen-bond acceptors (Lipinski definition) is 4. The number of aromatic hydroxyl groups is 1. The number of rotatable bonds is 0. The van der Waals surface area contributed by atoms with Crippen molar-refractivity contribution < 1.29 is 20.2 Å². The Kier molecular flexibility index (Phi) is 5.11. The lowest BCUT2D eigenvalue weighted by Gasteiger charge is -1.89.